The van der Waals surface area contributed by atoms with E-state index < -0.39 is 0 Å². The number of amides is 1. The van der Waals surface area contributed by atoms with E-state index in [1.54, 1.807) is 12.1 Å². The van der Waals surface area contributed by atoms with Crippen molar-refractivity contribution in [1.29, 1.82) is 0 Å². The molecule has 0 radical (unpaired) electrons. The summed E-state index contributed by atoms with van der Waals surface area (Å²) in [5.41, 5.74) is 1.99. The number of furan rings is 1. The molecule has 1 N–H and O–H groups in total. The van der Waals surface area contributed by atoms with Crippen LogP contribution in [-0.2, 0) is 6.54 Å². The van der Waals surface area contributed by atoms with Crippen molar-refractivity contribution < 1.29 is 9.21 Å². The van der Waals surface area contributed by atoms with Crippen LogP contribution in [0.3, 0.4) is 0 Å². The lowest BCUT2D eigenvalue weighted by Gasteiger charge is -2.18. The number of rotatable bonds is 6. The van der Waals surface area contributed by atoms with Gasteiger partial charge in [-0.2, -0.15) is 0 Å². The average Bonchev–Trinajstić information content (AvgIpc) is 2.93. The number of benzene rings is 1. The molecule has 1 aromatic carbocycles. The molecule has 0 spiro atoms. The summed E-state index contributed by atoms with van der Waals surface area (Å²) in [6.07, 6.45) is 0. The van der Waals surface area contributed by atoms with E-state index in [1.807, 2.05) is 24.3 Å². The molecule has 1 heterocycles. The zero-order valence-electron chi connectivity index (χ0n) is 12.2. The molecule has 5 heteroatoms. The van der Waals surface area contributed by atoms with Gasteiger partial charge in [-0.3, -0.25) is 9.69 Å². The molecule has 2 aromatic rings. The van der Waals surface area contributed by atoms with Crippen molar-refractivity contribution in [1.82, 2.24) is 4.90 Å². The molecule has 0 unspecified atom stereocenters. The Labute approximate surface area is 133 Å². The Kier molecular flexibility index (Phi) is 5.59. The molecule has 0 bridgehead atoms. The first-order chi connectivity index (χ1) is 10.1. The van der Waals surface area contributed by atoms with Crippen molar-refractivity contribution >= 4 is 27.5 Å². The van der Waals surface area contributed by atoms with Gasteiger partial charge in [0.2, 0.25) is 0 Å². The van der Waals surface area contributed by atoms with Gasteiger partial charge in [0.05, 0.1) is 0 Å². The average molecular weight is 351 g/mol. The van der Waals surface area contributed by atoms with E-state index >= 15 is 0 Å². The highest BCUT2D eigenvalue weighted by Gasteiger charge is 2.10. The number of nitrogens with zero attached hydrogens (tertiary/aromatic N) is 1. The molecule has 0 saturated heterocycles. The number of hydrogen-bond donors (Lipinski definition) is 1. The molecule has 0 saturated carbocycles. The lowest BCUT2D eigenvalue weighted by atomic mass is 10.2. The molecular weight excluding hydrogens is 332 g/mol. The fraction of sp³-hybridized carbons (Fsp3) is 0.312. The largest absolute Gasteiger partial charge is 0.444 e. The number of hydrogen-bond acceptors (Lipinski definition) is 3. The zero-order valence-corrected chi connectivity index (χ0v) is 13.8. The van der Waals surface area contributed by atoms with Crippen LogP contribution in [0.1, 0.15) is 30.0 Å². The lowest BCUT2D eigenvalue weighted by Crippen LogP contribution is -2.22. The van der Waals surface area contributed by atoms with E-state index in [0.29, 0.717) is 4.67 Å². The summed E-state index contributed by atoms with van der Waals surface area (Å²) < 4.78 is 5.76. The van der Waals surface area contributed by atoms with E-state index in [0.717, 1.165) is 25.3 Å². The van der Waals surface area contributed by atoms with Gasteiger partial charge in [0.25, 0.3) is 5.91 Å². The Morgan fingerprint density at radius 2 is 1.81 bits per heavy atom. The number of carbonyl (C=O) groups is 1. The van der Waals surface area contributed by atoms with Gasteiger partial charge >= 0.3 is 0 Å². The van der Waals surface area contributed by atoms with Gasteiger partial charge < -0.3 is 9.73 Å². The molecule has 0 fully saturated rings. The Morgan fingerprint density at radius 3 is 2.33 bits per heavy atom. The first-order valence-electron chi connectivity index (χ1n) is 7.00. The van der Waals surface area contributed by atoms with E-state index in [2.05, 4.69) is 40.0 Å². The summed E-state index contributed by atoms with van der Waals surface area (Å²) in [4.78, 5) is 14.3. The molecule has 1 aromatic heterocycles. The van der Waals surface area contributed by atoms with E-state index in [-0.39, 0.29) is 11.7 Å². The second-order valence-corrected chi connectivity index (χ2v) is 5.50. The highest BCUT2D eigenvalue weighted by atomic mass is 79.9. The quantitative estimate of drug-likeness (QED) is 0.851. The summed E-state index contributed by atoms with van der Waals surface area (Å²) in [6.45, 7) is 7.29. The third-order valence-corrected chi connectivity index (χ3v) is 3.74. The smallest absolute Gasteiger partial charge is 0.291 e. The second kappa shape index (κ2) is 7.43. The Morgan fingerprint density at radius 1 is 1.14 bits per heavy atom. The number of carbonyl (C=O) groups excluding carboxylic acids is 1. The van der Waals surface area contributed by atoms with Gasteiger partial charge in [0.15, 0.2) is 10.4 Å². The summed E-state index contributed by atoms with van der Waals surface area (Å²) in [5.74, 6) is 0.0336. The normalized spacial score (nSPS) is 10.9. The first kappa shape index (κ1) is 15.8. The summed E-state index contributed by atoms with van der Waals surface area (Å²) in [7, 11) is 0. The standard InChI is InChI=1S/C16H19BrN2O2/c1-3-19(4-2)11-12-5-7-13(8-6-12)18-16(20)14-9-10-15(17)21-14/h5-10H,3-4,11H2,1-2H3,(H,18,20). The number of anilines is 1. The van der Waals surface area contributed by atoms with Crippen LogP contribution >= 0.6 is 15.9 Å². The molecular formula is C16H19BrN2O2. The Bertz CT molecular complexity index is 589. The van der Waals surface area contributed by atoms with E-state index in [1.165, 1.54) is 5.56 Å². The van der Waals surface area contributed by atoms with Crippen molar-refractivity contribution in [2.24, 2.45) is 0 Å². The van der Waals surface area contributed by atoms with Crippen molar-refractivity contribution in [2.75, 3.05) is 18.4 Å². The van der Waals surface area contributed by atoms with Gasteiger partial charge in [0, 0.05) is 12.2 Å². The molecule has 0 aliphatic carbocycles. The molecule has 4 nitrogen and oxygen atoms in total. The lowest BCUT2D eigenvalue weighted by molar-refractivity contribution is 0.0995. The van der Waals surface area contributed by atoms with E-state index in [4.69, 9.17) is 4.42 Å². The minimum Gasteiger partial charge on any atom is -0.444 e. The summed E-state index contributed by atoms with van der Waals surface area (Å²) in [6, 6.07) is 11.2. The van der Waals surface area contributed by atoms with Gasteiger partial charge in [-0.1, -0.05) is 26.0 Å². The van der Waals surface area contributed by atoms with Crippen LogP contribution in [0.25, 0.3) is 0 Å². The highest BCUT2D eigenvalue weighted by molar-refractivity contribution is 9.10. The molecule has 21 heavy (non-hydrogen) atoms. The molecule has 2 rings (SSSR count). The molecule has 1 amide bonds. The fourth-order valence-electron chi connectivity index (χ4n) is 2.03. The van der Waals surface area contributed by atoms with Crippen LogP contribution in [0, 0.1) is 0 Å². The molecule has 0 atom stereocenters. The van der Waals surface area contributed by atoms with Crippen molar-refractivity contribution in [3.8, 4) is 0 Å². The van der Waals surface area contributed by atoms with Crippen LogP contribution in [0.5, 0.6) is 0 Å². The van der Waals surface area contributed by atoms with Crippen LogP contribution in [-0.4, -0.2) is 23.9 Å². The predicted molar refractivity (Wildman–Crippen MR) is 87.4 cm³/mol. The van der Waals surface area contributed by atoms with Gasteiger partial charge in [-0.15, -0.1) is 0 Å². The van der Waals surface area contributed by atoms with Crippen LogP contribution in [0.4, 0.5) is 5.69 Å². The maximum absolute atomic E-state index is 11.9. The van der Waals surface area contributed by atoms with Crippen molar-refractivity contribution in [2.45, 2.75) is 20.4 Å². The van der Waals surface area contributed by atoms with Gasteiger partial charge in [0.1, 0.15) is 0 Å². The fourth-order valence-corrected chi connectivity index (χ4v) is 2.33. The van der Waals surface area contributed by atoms with E-state index in [9.17, 15) is 4.79 Å². The molecule has 112 valence electrons. The van der Waals surface area contributed by atoms with Gasteiger partial charge in [-0.25, -0.2) is 0 Å². The maximum Gasteiger partial charge on any atom is 0.291 e. The minimum atomic E-state index is -0.253. The topological polar surface area (TPSA) is 45.5 Å². The Balaban J connectivity index is 1.97. The highest BCUT2D eigenvalue weighted by Crippen LogP contribution is 2.17. The summed E-state index contributed by atoms with van der Waals surface area (Å²) in [5, 5.41) is 2.81. The molecule has 0 aliphatic rings. The monoisotopic (exact) mass is 350 g/mol. The minimum absolute atomic E-state index is 0.253. The van der Waals surface area contributed by atoms with Crippen LogP contribution in [0.2, 0.25) is 0 Å². The predicted octanol–water partition coefficient (Wildman–Crippen LogP) is 4.14. The summed E-state index contributed by atoms with van der Waals surface area (Å²) >= 11 is 3.18. The number of halogens is 1. The number of nitrogens with one attached hydrogen (secondary N) is 1. The Hall–Kier alpha value is -1.59. The SMILES string of the molecule is CCN(CC)Cc1ccc(NC(=O)c2ccc(Br)o2)cc1. The third-order valence-electron chi connectivity index (χ3n) is 3.31. The van der Waals surface area contributed by atoms with Crippen LogP contribution < -0.4 is 5.32 Å². The van der Waals surface area contributed by atoms with Crippen molar-refractivity contribution in [3.63, 3.8) is 0 Å². The third kappa shape index (κ3) is 4.44. The molecule has 0 aliphatic heterocycles. The first-order valence-corrected chi connectivity index (χ1v) is 7.79. The zero-order chi connectivity index (χ0) is 15.2. The second-order valence-electron chi connectivity index (χ2n) is 4.72. The van der Waals surface area contributed by atoms with Gasteiger partial charge in [-0.05, 0) is 58.8 Å². The maximum atomic E-state index is 11.9. The van der Waals surface area contributed by atoms with Crippen molar-refractivity contribution in [3.05, 3.63) is 52.4 Å². The van der Waals surface area contributed by atoms with Crippen LogP contribution in [0.15, 0.2) is 45.5 Å².